The van der Waals surface area contributed by atoms with Crippen molar-refractivity contribution in [1.29, 1.82) is 0 Å². The Morgan fingerprint density at radius 1 is 0.867 bits per heavy atom. The van der Waals surface area contributed by atoms with Gasteiger partial charge in [0.25, 0.3) is 0 Å². The van der Waals surface area contributed by atoms with E-state index in [1.807, 2.05) is 13.8 Å². The average Bonchev–Trinajstić information content (AvgIpc) is 2.64. The molecule has 0 atom stereocenters. The fourth-order valence-electron chi connectivity index (χ4n) is 2.35. The number of hydrogen-bond acceptors (Lipinski definition) is 5. The Hall–Kier alpha value is -2.32. The lowest BCUT2D eigenvalue weighted by molar-refractivity contribution is -0.139. The number of rotatable bonds is 13. The van der Waals surface area contributed by atoms with E-state index in [2.05, 4.69) is 10.6 Å². The minimum atomic E-state index is -0.630. The first-order valence-electron chi connectivity index (χ1n) is 10.7. The third-order valence-corrected chi connectivity index (χ3v) is 4.09. The van der Waals surface area contributed by atoms with Crippen LogP contribution in [0.3, 0.4) is 0 Å². The summed E-state index contributed by atoms with van der Waals surface area (Å²) in [5.41, 5.74) is -0.630. The minimum Gasteiger partial charge on any atom is -0.444 e. The second-order valence-electron chi connectivity index (χ2n) is 8.31. The van der Waals surface area contributed by atoms with Gasteiger partial charge in [0, 0.05) is 33.1 Å². The van der Waals surface area contributed by atoms with Gasteiger partial charge in [0.05, 0.1) is 0 Å². The van der Waals surface area contributed by atoms with Crippen LogP contribution in [-0.2, 0) is 19.1 Å². The lowest BCUT2D eigenvalue weighted by Crippen LogP contribution is -2.47. The molecule has 174 valence electrons. The van der Waals surface area contributed by atoms with Crippen molar-refractivity contribution in [2.45, 2.75) is 72.3 Å². The highest BCUT2D eigenvalue weighted by atomic mass is 16.6. The molecule has 0 unspecified atom stereocenters. The predicted molar refractivity (Wildman–Crippen MR) is 116 cm³/mol. The van der Waals surface area contributed by atoms with Gasteiger partial charge < -0.3 is 25.2 Å². The van der Waals surface area contributed by atoms with Crippen molar-refractivity contribution in [3.63, 3.8) is 0 Å². The van der Waals surface area contributed by atoms with Crippen LogP contribution in [0.1, 0.15) is 66.7 Å². The quantitative estimate of drug-likeness (QED) is 0.436. The van der Waals surface area contributed by atoms with Crippen molar-refractivity contribution in [3.05, 3.63) is 0 Å². The summed E-state index contributed by atoms with van der Waals surface area (Å²) >= 11 is 0. The minimum absolute atomic E-state index is 0.0137. The van der Waals surface area contributed by atoms with Gasteiger partial charge in [-0.1, -0.05) is 26.7 Å². The Kier molecular flexibility index (Phi) is 13.5. The molecule has 0 fully saturated rings. The topological polar surface area (TPSA) is 108 Å². The molecular weight excluding hydrogens is 388 g/mol. The van der Waals surface area contributed by atoms with Crippen molar-refractivity contribution in [2.75, 3.05) is 39.8 Å². The second-order valence-corrected chi connectivity index (χ2v) is 8.31. The molecular formula is C21H40N4O5. The normalized spacial score (nSPS) is 10.9. The maximum Gasteiger partial charge on any atom is 0.410 e. The van der Waals surface area contributed by atoms with E-state index in [0.717, 1.165) is 25.7 Å². The summed E-state index contributed by atoms with van der Waals surface area (Å²) in [5, 5.41) is 5.51. The van der Waals surface area contributed by atoms with Crippen molar-refractivity contribution < 1.29 is 23.9 Å². The van der Waals surface area contributed by atoms with Crippen LogP contribution in [0.4, 0.5) is 4.79 Å². The van der Waals surface area contributed by atoms with Gasteiger partial charge in [-0.2, -0.15) is 0 Å². The molecule has 0 aromatic heterocycles. The lowest BCUT2D eigenvalue weighted by Gasteiger charge is -2.26. The van der Waals surface area contributed by atoms with E-state index in [0.29, 0.717) is 13.1 Å². The number of amides is 4. The van der Waals surface area contributed by atoms with E-state index in [9.17, 15) is 19.2 Å². The van der Waals surface area contributed by atoms with E-state index in [1.165, 1.54) is 9.80 Å². The molecule has 0 saturated carbocycles. The van der Waals surface area contributed by atoms with Crippen LogP contribution in [0.15, 0.2) is 0 Å². The van der Waals surface area contributed by atoms with Crippen molar-refractivity contribution >= 4 is 23.8 Å². The molecule has 0 saturated heterocycles. The number of carbonyl (C=O) groups is 4. The standard InChI is InChI=1S/C21H40N4O5/c1-7-9-12-22-17(26)15-25(16-18(27)23-13-10-8-2)19(28)11-14-24(6)20(29)30-21(3,4)5/h7-16H2,1-6H3,(H,22,26)(H,23,27). The van der Waals surface area contributed by atoms with Crippen LogP contribution in [-0.4, -0.2) is 79.0 Å². The maximum absolute atomic E-state index is 12.7. The zero-order valence-electron chi connectivity index (χ0n) is 19.5. The fraction of sp³-hybridized carbons (Fsp3) is 0.810. The van der Waals surface area contributed by atoms with E-state index in [4.69, 9.17) is 4.74 Å². The highest BCUT2D eigenvalue weighted by Gasteiger charge is 2.23. The first kappa shape index (κ1) is 27.7. The summed E-state index contributed by atoms with van der Waals surface area (Å²) in [6, 6.07) is 0. The number of carbonyl (C=O) groups excluding carboxylic acids is 4. The Balaban J connectivity index is 4.84. The van der Waals surface area contributed by atoms with Crippen molar-refractivity contribution in [1.82, 2.24) is 20.4 Å². The van der Waals surface area contributed by atoms with Crippen LogP contribution < -0.4 is 10.6 Å². The van der Waals surface area contributed by atoms with E-state index in [-0.39, 0.29) is 43.8 Å². The van der Waals surface area contributed by atoms with Gasteiger partial charge in [0.2, 0.25) is 17.7 Å². The Morgan fingerprint density at radius 3 is 1.73 bits per heavy atom. The molecule has 0 spiro atoms. The number of hydrogen-bond donors (Lipinski definition) is 2. The summed E-state index contributed by atoms with van der Waals surface area (Å²) in [7, 11) is 1.54. The zero-order chi connectivity index (χ0) is 23.2. The maximum atomic E-state index is 12.7. The first-order valence-corrected chi connectivity index (χ1v) is 10.7. The molecule has 0 heterocycles. The largest absolute Gasteiger partial charge is 0.444 e. The smallest absolute Gasteiger partial charge is 0.410 e. The van der Waals surface area contributed by atoms with Crippen LogP contribution in [0.25, 0.3) is 0 Å². The molecule has 30 heavy (non-hydrogen) atoms. The van der Waals surface area contributed by atoms with Gasteiger partial charge in [0.15, 0.2) is 0 Å². The van der Waals surface area contributed by atoms with Gasteiger partial charge in [0.1, 0.15) is 18.7 Å². The predicted octanol–water partition coefficient (Wildman–Crippen LogP) is 1.90. The monoisotopic (exact) mass is 428 g/mol. The molecule has 0 rings (SSSR count). The summed E-state index contributed by atoms with van der Waals surface area (Å²) in [6.45, 7) is 10.1. The molecule has 9 heteroatoms. The van der Waals surface area contributed by atoms with E-state index in [1.54, 1.807) is 27.8 Å². The molecule has 0 bridgehead atoms. The summed E-state index contributed by atoms with van der Waals surface area (Å²) in [6.07, 6.45) is 3.03. The highest BCUT2D eigenvalue weighted by molar-refractivity contribution is 5.89. The number of nitrogens with one attached hydrogen (secondary N) is 2. The van der Waals surface area contributed by atoms with Gasteiger partial charge >= 0.3 is 6.09 Å². The summed E-state index contributed by atoms with van der Waals surface area (Å²) in [4.78, 5) is 51.6. The average molecular weight is 429 g/mol. The molecule has 0 radical (unpaired) electrons. The van der Waals surface area contributed by atoms with Crippen LogP contribution in [0.2, 0.25) is 0 Å². The lowest BCUT2D eigenvalue weighted by atomic mass is 10.2. The molecule has 0 aromatic carbocycles. The SMILES string of the molecule is CCCCNC(=O)CN(CC(=O)NCCCC)C(=O)CCN(C)C(=O)OC(C)(C)C. The number of nitrogens with zero attached hydrogens (tertiary/aromatic N) is 2. The molecule has 9 nitrogen and oxygen atoms in total. The molecule has 4 amide bonds. The third-order valence-electron chi connectivity index (χ3n) is 4.09. The van der Waals surface area contributed by atoms with Gasteiger partial charge in [-0.15, -0.1) is 0 Å². The van der Waals surface area contributed by atoms with Crippen LogP contribution in [0, 0.1) is 0 Å². The third kappa shape index (κ3) is 13.8. The summed E-state index contributed by atoms with van der Waals surface area (Å²) in [5.74, 6) is -0.987. The molecule has 0 aromatic rings. The van der Waals surface area contributed by atoms with Crippen molar-refractivity contribution in [3.8, 4) is 0 Å². The second kappa shape index (κ2) is 14.6. The van der Waals surface area contributed by atoms with E-state index < -0.39 is 11.7 Å². The first-order chi connectivity index (χ1) is 14.0. The van der Waals surface area contributed by atoms with Gasteiger partial charge in [-0.05, 0) is 33.6 Å². The van der Waals surface area contributed by atoms with E-state index >= 15 is 0 Å². The van der Waals surface area contributed by atoms with Crippen LogP contribution >= 0.6 is 0 Å². The van der Waals surface area contributed by atoms with Gasteiger partial charge in [-0.25, -0.2) is 4.79 Å². The fourth-order valence-corrected chi connectivity index (χ4v) is 2.35. The molecule has 0 aliphatic heterocycles. The number of unbranched alkanes of at least 4 members (excludes halogenated alkanes) is 2. The zero-order valence-corrected chi connectivity index (χ0v) is 19.5. The Morgan fingerprint density at radius 2 is 1.33 bits per heavy atom. The molecule has 0 aliphatic rings. The highest BCUT2D eigenvalue weighted by Crippen LogP contribution is 2.09. The molecule has 0 aliphatic carbocycles. The number of ether oxygens (including phenoxy) is 1. The Bertz CT molecular complexity index is 536. The summed E-state index contributed by atoms with van der Waals surface area (Å²) < 4.78 is 5.27. The van der Waals surface area contributed by atoms with Gasteiger partial charge in [-0.3, -0.25) is 14.4 Å². The Labute approximate surface area is 180 Å². The van der Waals surface area contributed by atoms with Crippen molar-refractivity contribution in [2.24, 2.45) is 0 Å². The molecule has 2 N–H and O–H groups in total. The van der Waals surface area contributed by atoms with Crippen LogP contribution in [0.5, 0.6) is 0 Å².